The van der Waals surface area contributed by atoms with E-state index in [2.05, 4.69) is 12.6 Å². The standard InChI is InChI=1S/C20H13ClO2S2.C13H6Cl2OS.C7H8OS/c1-23-14-7-3-5-9-16(14)24-17-11-10-13-19(22)12-6-2-4-8-15(12)25-20(13)18(17)21;14-9-6-5-8-12(16)7-3-1-2-4-10(7)17-13(8)11(9)15;1-8-6-4-2-3-5-7(6)9/h2-11H,1H3;1-6H;2-5,9H,1H3. The van der Waals surface area contributed by atoms with Crippen LogP contribution in [0.1, 0.15) is 0 Å². The van der Waals surface area contributed by atoms with E-state index in [-0.39, 0.29) is 10.9 Å². The summed E-state index contributed by atoms with van der Waals surface area (Å²) in [5, 5.41) is 4.30. The topological polar surface area (TPSA) is 52.6 Å². The summed E-state index contributed by atoms with van der Waals surface area (Å²) in [5.74, 6) is 1.62. The number of fused-ring (bicyclic) bond motifs is 4. The summed E-state index contributed by atoms with van der Waals surface area (Å²) in [6.45, 7) is 0. The van der Waals surface area contributed by atoms with Crippen molar-refractivity contribution in [3.8, 4) is 11.5 Å². The smallest absolute Gasteiger partial charge is 0.195 e. The molecule has 0 saturated heterocycles. The third kappa shape index (κ3) is 8.03. The second-order valence-electron chi connectivity index (χ2n) is 10.8. The lowest BCUT2D eigenvalue weighted by Gasteiger charge is -2.10. The minimum atomic E-state index is 0.00733. The largest absolute Gasteiger partial charge is 0.496 e. The molecule has 0 aliphatic heterocycles. The van der Waals surface area contributed by atoms with Crippen LogP contribution in [0.4, 0.5) is 0 Å². The fourth-order valence-corrected chi connectivity index (χ4v) is 9.54. The number of ether oxygens (including phenoxy) is 2. The molecule has 0 saturated carbocycles. The summed E-state index contributed by atoms with van der Waals surface area (Å²) in [7, 11) is 3.29. The van der Waals surface area contributed by atoms with Gasteiger partial charge in [0.2, 0.25) is 0 Å². The molecule has 256 valence electrons. The van der Waals surface area contributed by atoms with Gasteiger partial charge >= 0.3 is 0 Å². The fraction of sp³-hybridized carbons (Fsp3) is 0.0500. The average molecular weight is 806 g/mol. The molecule has 0 aliphatic carbocycles. The zero-order valence-electron chi connectivity index (χ0n) is 27.0. The van der Waals surface area contributed by atoms with Crippen molar-refractivity contribution in [1.29, 1.82) is 0 Å². The minimum absolute atomic E-state index is 0.00733. The van der Waals surface area contributed by atoms with E-state index in [0.29, 0.717) is 25.8 Å². The van der Waals surface area contributed by atoms with Gasteiger partial charge in [-0.15, -0.1) is 35.3 Å². The van der Waals surface area contributed by atoms with E-state index in [0.717, 1.165) is 55.8 Å². The van der Waals surface area contributed by atoms with Crippen LogP contribution >= 0.6 is 81.9 Å². The molecule has 0 atom stereocenters. The zero-order valence-corrected chi connectivity index (χ0v) is 32.6. The predicted octanol–water partition coefficient (Wildman–Crippen LogP) is 12.9. The molecular formula is C40H27Cl3O4S4. The van der Waals surface area contributed by atoms with Gasteiger partial charge in [0, 0.05) is 40.7 Å². The molecule has 0 unspecified atom stereocenters. The van der Waals surface area contributed by atoms with Crippen LogP contribution in [-0.2, 0) is 0 Å². The molecule has 0 bridgehead atoms. The maximum atomic E-state index is 12.7. The van der Waals surface area contributed by atoms with Crippen molar-refractivity contribution in [2.75, 3.05) is 14.2 Å². The van der Waals surface area contributed by atoms with Crippen LogP contribution in [0, 0.1) is 0 Å². The lowest BCUT2D eigenvalue weighted by molar-refractivity contribution is 0.405. The Morgan fingerprint density at radius 1 is 0.529 bits per heavy atom. The Morgan fingerprint density at radius 2 is 1.02 bits per heavy atom. The van der Waals surface area contributed by atoms with E-state index in [1.165, 1.54) is 23.1 Å². The quantitative estimate of drug-likeness (QED) is 0.142. The first kappa shape index (κ1) is 37.0. The van der Waals surface area contributed by atoms with Crippen LogP contribution in [0.5, 0.6) is 11.5 Å². The number of hydrogen-bond acceptors (Lipinski definition) is 8. The molecule has 4 nitrogen and oxygen atoms in total. The van der Waals surface area contributed by atoms with Crippen molar-refractivity contribution in [1.82, 2.24) is 0 Å². The van der Waals surface area contributed by atoms with Crippen molar-refractivity contribution >= 4 is 122 Å². The fourth-order valence-electron chi connectivity index (χ4n) is 5.15. The zero-order chi connectivity index (χ0) is 36.1. The molecule has 2 aromatic heterocycles. The number of benzene rings is 6. The third-order valence-electron chi connectivity index (χ3n) is 7.66. The SMILES string of the molecule is COc1ccccc1S.COc1ccccc1Sc1ccc2c(=O)c3ccccc3sc2c1Cl.O=c1c2ccccc2sc2c(Cl)c(Cl)ccc12. The first-order chi connectivity index (χ1) is 24.7. The maximum Gasteiger partial charge on any atom is 0.195 e. The maximum absolute atomic E-state index is 12.7. The van der Waals surface area contributed by atoms with Crippen LogP contribution in [0.15, 0.2) is 146 Å². The van der Waals surface area contributed by atoms with Crippen molar-refractivity contribution < 1.29 is 9.47 Å². The van der Waals surface area contributed by atoms with Crippen molar-refractivity contribution in [3.05, 3.63) is 157 Å². The molecule has 0 fully saturated rings. The highest BCUT2D eigenvalue weighted by Gasteiger charge is 2.14. The number of hydrogen-bond donors (Lipinski definition) is 1. The molecule has 8 aromatic rings. The van der Waals surface area contributed by atoms with E-state index in [4.69, 9.17) is 44.3 Å². The van der Waals surface area contributed by atoms with Crippen LogP contribution in [0.25, 0.3) is 40.3 Å². The number of thiol groups is 1. The van der Waals surface area contributed by atoms with Crippen LogP contribution in [-0.4, -0.2) is 14.2 Å². The van der Waals surface area contributed by atoms with Crippen molar-refractivity contribution in [2.45, 2.75) is 14.7 Å². The van der Waals surface area contributed by atoms with Crippen LogP contribution in [0.3, 0.4) is 0 Å². The molecular weight excluding hydrogens is 779 g/mol. The van der Waals surface area contributed by atoms with Crippen LogP contribution in [0.2, 0.25) is 15.1 Å². The van der Waals surface area contributed by atoms with E-state index in [9.17, 15) is 9.59 Å². The van der Waals surface area contributed by atoms with E-state index in [1.807, 2.05) is 109 Å². The van der Waals surface area contributed by atoms with Gasteiger partial charge in [0.1, 0.15) is 11.5 Å². The third-order valence-corrected chi connectivity index (χ3v) is 13.1. The summed E-state index contributed by atoms with van der Waals surface area (Å²) in [6, 6.07) is 37.7. The summed E-state index contributed by atoms with van der Waals surface area (Å²) >= 11 is 27.5. The average Bonchev–Trinajstić information content (AvgIpc) is 3.16. The molecule has 0 amide bonds. The molecule has 0 spiro atoms. The Hall–Kier alpha value is -3.73. The highest BCUT2D eigenvalue weighted by molar-refractivity contribution is 7.99. The first-order valence-electron chi connectivity index (χ1n) is 15.3. The van der Waals surface area contributed by atoms with Gasteiger partial charge in [-0.2, -0.15) is 0 Å². The Labute approximate surface area is 326 Å². The van der Waals surface area contributed by atoms with E-state index >= 15 is 0 Å². The van der Waals surface area contributed by atoms with E-state index < -0.39 is 0 Å². The Morgan fingerprint density at radius 3 is 1.59 bits per heavy atom. The van der Waals surface area contributed by atoms with Gasteiger partial charge in [-0.25, -0.2) is 0 Å². The lowest BCUT2D eigenvalue weighted by atomic mass is 10.2. The predicted molar refractivity (Wildman–Crippen MR) is 224 cm³/mol. The molecule has 51 heavy (non-hydrogen) atoms. The normalized spacial score (nSPS) is 10.8. The van der Waals surface area contributed by atoms with Crippen molar-refractivity contribution in [2.24, 2.45) is 0 Å². The number of methoxy groups -OCH3 is 2. The van der Waals surface area contributed by atoms with Gasteiger partial charge in [0.25, 0.3) is 0 Å². The Bertz CT molecular complexity index is 2660. The molecule has 11 heteroatoms. The first-order valence-corrected chi connectivity index (χ1v) is 19.3. The summed E-state index contributed by atoms with van der Waals surface area (Å²) < 4.78 is 13.8. The van der Waals surface area contributed by atoms with Gasteiger partial charge in [0.05, 0.1) is 43.6 Å². The summed E-state index contributed by atoms with van der Waals surface area (Å²) in [4.78, 5) is 27.8. The summed E-state index contributed by atoms with van der Waals surface area (Å²) in [5.41, 5.74) is 0.0352. The van der Waals surface area contributed by atoms with Gasteiger partial charge in [-0.3, -0.25) is 9.59 Å². The highest BCUT2D eigenvalue weighted by Crippen LogP contribution is 2.42. The molecule has 0 aliphatic rings. The van der Waals surface area contributed by atoms with Gasteiger partial charge in [-0.1, -0.05) is 95.1 Å². The Kier molecular flexibility index (Phi) is 12.2. The van der Waals surface area contributed by atoms with Gasteiger partial charge in [-0.05, 0) is 72.8 Å². The minimum Gasteiger partial charge on any atom is -0.496 e. The van der Waals surface area contributed by atoms with Gasteiger partial charge < -0.3 is 9.47 Å². The monoisotopic (exact) mass is 804 g/mol. The highest BCUT2D eigenvalue weighted by atomic mass is 35.5. The lowest BCUT2D eigenvalue weighted by Crippen LogP contribution is -2.01. The van der Waals surface area contributed by atoms with Crippen molar-refractivity contribution in [3.63, 3.8) is 0 Å². The van der Waals surface area contributed by atoms with Crippen LogP contribution < -0.4 is 20.3 Å². The molecule has 0 N–H and O–H groups in total. The van der Waals surface area contributed by atoms with Gasteiger partial charge in [0.15, 0.2) is 10.9 Å². The van der Waals surface area contributed by atoms with E-state index in [1.54, 1.807) is 37.7 Å². The molecule has 8 rings (SSSR count). The second-order valence-corrected chi connectivity index (χ2v) is 15.6. The Balaban J connectivity index is 0.000000148. The molecule has 2 heterocycles. The number of rotatable bonds is 4. The molecule has 6 aromatic carbocycles. The molecule has 0 radical (unpaired) electrons. The second kappa shape index (κ2) is 16.7. The number of halogens is 3. The summed E-state index contributed by atoms with van der Waals surface area (Å²) in [6.07, 6.45) is 0. The number of para-hydroxylation sites is 2.